The monoisotopic (exact) mass is 256 g/mol. The molecule has 0 aromatic carbocycles. The Morgan fingerprint density at radius 1 is 1.36 bits per heavy atom. The van der Waals surface area contributed by atoms with Crippen molar-refractivity contribution in [3.8, 4) is 0 Å². The molecular weight excluding hydrogens is 244 g/mol. The van der Waals surface area contributed by atoms with E-state index in [1.54, 1.807) is 0 Å². The maximum atomic E-state index is 12.2. The normalized spacial score (nSPS) is 55.6. The molecule has 0 heterocycles. The first-order valence-corrected chi connectivity index (χ1v) is 6.06. The first-order chi connectivity index (χ1) is 6.50. The average molecular weight is 257 g/mol. The van der Waals surface area contributed by atoms with E-state index in [1.165, 1.54) is 0 Å². The van der Waals surface area contributed by atoms with E-state index in [1.807, 2.05) is 0 Å². The van der Waals surface area contributed by atoms with Gasteiger partial charge in [0.05, 0.1) is 4.32 Å². The summed E-state index contributed by atoms with van der Waals surface area (Å²) in [4.78, 5) is 24.1. The van der Waals surface area contributed by atoms with Crippen molar-refractivity contribution in [3.05, 3.63) is 0 Å². The second kappa shape index (κ2) is 2.31. The van der Waals surface area contributed by atoms with Gasteiger partial charge in [0, 0.05) is 17.8 Å². The second-order valence-electron chi connectivity index (χ2n) is 5.20. The molecule has 2 nitrogen and oxygen atoms in total. The molecule has 0 unspecified atom stereocenters. The molecule has 0 amide bonds. The zero-order valence-corrected chi connectivity index (χ0v) is 9.76. The predicted octanol–water partition coefficient (Wildman–Crippen LogP) is 2.10. The summed E-state index contributed by atoms with van der Waals surface area (Å²) in [5, 5.41) is 0. The van der Waals surface area contributed by atoms with Crippen LogP contribution in [0, 0.1) is 17.3 Å². The van der Waals surface area contributed by atoms with Crippen LogP contribution < -0.4 is 0 Å². The molecule has 0 saturated heterocycles. The molecule has 4 atom stereocenters. The van der Waals surface area contributed by atoms with E-state index >= 15 is 0 Å². The third kappa shape index (κ3) is 0.721. The van der Waals surface area contributed by atoms with Crippen LogP contribution in [0.25, 0.3) is 0 Å². The van der Waals surface area contributed by atoms with Crippen molar-refractivity contribution >= 4 is 27.5 Å². The number of halogens is 1. The van der Waals surface area contributed by atoms with E-state index in [0.29, 0.717) is 23.9 Å². The lowest BCUT2D eigenvalue weighted by Gasteiger charge is -2.35. The zero-order chi connectivity index (χ0) is 10.1. The Hall–Kier alpha value is -0.180. The third-order valence-electron chi connectivity index (χ3n) is 4.67. The number of carbonyl (C=O) groups excluding carboxylic acids is 2. The summed E-state index contributed by atoms with van der Waals surface area (Å²) in [6.45, 7) is 2.06. The molecule has 3 aliphatic carbocycles. The van der Waals surface area contributed by atoms with Crippen molar-refractivity contribution in [1.29, 1.82) is 0 Å². The van der Waals surface area contributed by atoms with Crippen LogP contribution >= 0.6 is 15.9 Å². The van der Waals surface area contributed by atoms with Gasteiger partial charge in [0.15, 0.2) is 5.78 Å². The predicted molar refractivity (Wildman–Crippen MR) is 55.2 cm³/mol. The Balaban J connectivity index is 2.20. The summed E-state index contributed by atoms with van der Waals surface area (Å²) < 4.78 is -0.472. The molecule has 76 valence electrons. The molecule has 3 rings (SSSR count). The van der Waals surface area contributed by atoms with Crippen LogP contribution in [-0.2, 0) is 9.59 Å². The molecule has 4 bridgehead atoms. The molecule has 0 N–H and O–H groups in total. The molecule has 3 heteroatoms. The maximum absolute atomic E-state index is 12.2. The molecular formula is C11H13BrO2. The number of alkyl halides is 1. The fourth-order valence-corrected chi connectivity index (χ4v) is 5.16. The summed E-state index contributed by atoms with van der Waals surface area (Å²) in [5.74, 6) is 0.939. The highest BCUT2D eigenvalue weighted by Crippen LogP contribution is 2.66. The Morgan fingerprint density at radius 2 is 2.07 bits per heavy atom. The van der Waals surface area contributed by atoms with Gasteiger partial charge in [-0.25, -0.2) is 0 Å². The van der Waals surface area contributed by atoms with Crippen LogP contribution in [0.15, 0.2) is 0 Å². The second-order valence-corrected chi connectivity index (χ2v) is 6.61. The summed E-state index contributed by atoms with van der Waals surface area (Å²) in [5.41, 5.74) is -0.194. The molecule has 3 aliphatic rings. The van der Waals surface area contributed by atoms with Crippen LogP contribution in [-0.4, -0.2) is 15.9 Å². The molecule has 0 radical (unpaired) electrons. The lowest BCUT2D eigenvalue weighted by atomic mass is 9.67. The standard InChI is InChI=1S/C11H13BrO2/c1-10-4-3-7(13)8-6(10)2-5-11(8,12)9(10)14/h6,8H,2-5H2,1H3/t6-,8+,10+,11-/m0/s1. The highest BCUT2D eigenvalue weighted by molar-refractivity contribution is 9.10. The van der Waals surface area contributed by atoms with Gasteiger partial charge in [-0.05, 0) is 25.2 Å². The maximum Gasteiger partial charge on any atom is 0.156 e. The highest BCUT2D eigenvalue weighted by atomic mass is 79.9. The Labute approximate surface area is 91.6 Å². The molecule has 14 heavy (non-hydrogen) atoms. The van der Waals surface area contributed by atoms with Crippen molar-refractivity contribution in [3.63, 3.8) is 0 Å². The molecule has 3 saturated carbocycles. The van der Waals surface area contributed by atoms with Crippen molar-refractivity contribution in [2.45, 2.75) is 36.9 Å². The number of Topliss-reactive ketones (excluding diaryl/α,β-unsaturated/α-hetero) is 2. The van der Waals surface area contributed by atoms with Gasteiger partial charge in [-0.3, -0.25) is 9.59 Å². The van der Waals surface area contributed by atoms with Gasteiger partial charge in [0.1, 0.15) is 5.78 Å². The van der Waals surface area contributed by atoms with Crippen LogP contribution in [0.3, 0.4) is 0 Å². The Bertz CT molecular complexity index is 351. The van der Waals surface area contributed by atoms with Crippen molar-refractivity contribution in [1.82, 2.24) is 0 Å². The number of ketones is 2. The first kappa shape index (κ1) is 9.08. The van der Waals surface area contributed by atoms with Gasteiger partial charge >= 0.3 is 0 Å². The third-order valence-corrected chi connectivity index (χ3v) is 5.92. The van der Waals surface area contributed by atoms with E-state index in [4.69, 9.17) is 0 Å². The average Bonchev–Trinajstić information content (AvgIpc) is 2.55. The highest BCUT2D eigenvalue weighted by Gasteiger charge is 2.71. The van der Waals surface area contributed by atoms with Gasteiger partial charge < -0.3 is 0 Å². The minimum absolute atomic E-state index is 0.00579. The van der Waals surface area contributed by atoms with Gasteiger partial charge in [-0.1, -0.05) is 22.9 Å². The van der Waals surface area contributed by atoms with E-state index in [2.05, 4.69) is 22.9 Å². The van der Waals surface area contributed by atoms with Gasteiger partial charge in [0.2, 0.25) is 0 Å². The number of hydrogen-bond donors (Lipinski definition) is 0. The van der Waals surface area contributed by atoms with E-state index in [9.17, 15) is 9.59 Å². The van der Waals surface area contributed by atoms with Crippen LogP contribution in [0.5, 0.6) is 0 Å². The van der Waals surface area contributed by atoms with Crippen LogP contribution in [0.2, 0.25) is 0 Å². The van der Waals surface area contributed by atoms with E-state index in [0.717, 1.165) is 19.3 Å². The lowest BCUT2D eigenvalue weighted by molar-refractivity contribution is -0.131. The minimum atomic E-state index is -0.472. The molecule has 3 fully saturated rings. The van der Waals surface area contributed by atoms with Crippen molar-refractivity contribution < 1.29 is 9.59 Å². The largest absolute Gasteiger partial charge is 0.299 e. The summed E-state index contributed by atoms with van der Waals surface area (Å²) >= 11 is 3.56. The number of carbonyl (C=O) groups is 2. The van der Waals surface area contributed by atoms with Crippen molar-refractivity contribution in [2.75, 3.05) is 0 Å². The van der Waals surface area contributed by atoms with Crippen LogP contribution in [0.1, 0.15) is 32.6 Å². The smallest absolute Gasteiger partial charge is 0.156 e. The van der Waals surface area contributed by atoms with Crippen LogP contribution in [0.4, 0.5) is 0 Å². The Morgan fingerprint density at radius 3 is 2.71 bits per heavy atom. The topological polar surface area (TPSA) is 34.1 Å². The fraction of sp³-hybridized carbons (Fsp3) is 0.818. The molecule has 0 aliphatic heterocycles. The van der Waals surface area contributed by atoms with Gasteiger partial charge in [0.25, 0.3) is 0 Å². The fourth-order valence-electron chi connectivity index (χ4n) is 3.91. The SMILES string of the molecule is C[C@@]12CCC(=O)[C@H]3[C@@H]1CC[C@@]3(Br)C2=O. The number of rotatable bonds is 0. The molecule has 0 spiro atoms. The Kier molecular flexibility index (Phi) is 1.50. The van der Waals surface area contributed by atoms with E-state index < -0.39 is 4.32 Å². The van der Waals surface area contributed by atoms with Crippen molar-refractivity contribution in [2.24, 2.45) is 17.3 Å². The molecule has 0 aromatic heterocycles. The lowest BCUT2D eigenvalue weighted by Crippen LogP contribution is -2.39. The van der Waals surface area contributed by atoms with Gasteiger partial charge in [-0.2, -0.15) is 0 Å². The summed E-state index contributed by atoms with van der Waals surface area (Å²) in [6, 6.07) is 0. The first-order valence-electron chi connectivity index (χ1n) is 5.27. The summed E-state index contributed by atoms with van der Waals surface area (Å²) in [6.07, 6.45) is 3.29. The number of hydrogen-bond acceptors (Lipinski definition) is 2. The van der Waals surface area contributed by atoms with E-state index in [-0.39, 0.29) is 11.3 Å². The summed E-state index contributed by atoms with van der Waals surface area (Å²) in [7, 11) is 0. The van der Waals surface area contributed by atoms with Gasteiger partial charge in [-0.15, -0.1) is 0 Å². The quantitative estimate of drug-likeness (QED) is 0.623. The molecule has 0 aromatic rings. The zero-order valence-electron chi connectivity index (χ0n) is 8.18. The minimum Gasteiger partial charge on any atom is -0.299 e.